The van der Waals surface area contributed by atoms with Gasteiger partial charge in [0.05, 0.1) is 30.8 Å². The van der Waals surface area contributed by atoms with E-state index in [2.05, 4.69) is 0 Å². The first-order valence-corrected chi connectivity index (χ1v) is 19.7. The molecule has 0 amide bonds. The zero-order valence-corrected chi connectivity index (χ0v) is 26.1. The van der Waals surface area contributed by atoms with Crippen LogP contribution >= 0.6 is 38.0 Å². The Kier molecular flexibility index (Phi) is 76.7. The minimum absolute atomic E-state index is 0. The summed E-state index contributed by atoms with van der Waals surface area (Å²) < 4.78 is 50.0. The fraction of sp³-hybridized carbons (Fsp3) is 0.667. The molecular formula is C15H50N5Na5O15P5. The molecule has 20 N–H and O–H groups in total. The normalized spacial score (nSPS) is 10.6. The van der Waals surface area contributed by atoms with Crippen molar-refractivity contribution in [3.05, 3.63) is 32.7 Å². The van der Waals surface area contributed by atoms with Crippen molar-refractivity contribution in [1.29, 1.82) is 0 Å². The van der Waals surface area contributed by atoms with Crippen molar-refractivity contribution in [1.82, 2.24) is 0 Å². The molecule has 20 nitrogen and oxygen atoms in total. The van der Waals surface area contributed by atoms with Crippen molar-refractivity contribution >= 4 is 186 Å². The fourth-order valence-electron chi connectivity index (χ4n) is 1.21. The van der Waals surface area contributed by atoms with Gasteiger partial charge in [0.1, 0.15) is 0 Å². The van der Waals surface area contributed by atoms with Gasteiger partial charge in [0.25, 0.3) is 0 Å². The predicted octanol–water partition coefficient (Wildman–Crippen LogP) is -4.87. The first-order valence-electron chi connectivity index (χ1n) is 10.7. The molecule has 0 aromatic rings. The molecule has 0 bridgehead atoms. The van der Waals surface area contributed by atoms with Crippen LogP contribution in [0.15, 0.2) is 0 Å². The Labute approximate surface area is 376 Å². The van der Waals surface area contributed by atoms with Crippen molar-refractivity contribution in [2.45, 2.75) is 32.1 Å². The zero-order chi connectivity index (χ0) is 33.1. The summed E-state index contributed by atoms with van der Waals surface area (Å²) in [7, 11) is -19.0. The molecule has 0 aliphatic carbocycles. The Morgan fingerprint density at radius 3 is 0.422 bits per heavy atom. The van der Waals surface area contributed by atoms with Gasteiger partial charge in [0.2, 0.25) is 0 Å². The van der Waals surface area contributed by atoms with Crippen LogP contribution in [0.5, 0.6) is 0 Å². The van der Waals surface area contributed by atoms with E-state index in [-0.39, 0.29) is 211 Å². The van der Waals surface area contributed by atoms with E-state index in [9.17, 15) is 22.8 Å². The molecule has 0 spiro atoms. The van der Waals surface area contributed by atoms with Gasteiger partial charge in [-0.1, -0.05) is 0 Å². The maximum atomic E-state index is 10.0. The molecule has 0 fully saturated rings. The molecule has 45 heavy (non-hydrogen) atoms. The van der Waals surface area contributed by atoms with Gasteiger partial charge in [0.15, 0.2) is 0 Å². The van der Waals surface area contributed by atoms with E-state index in [1.807, 2.05) is 0 Å². The van der Waals surface area contributed by atoms with Crippen LogP contribution in [0.1, 0.15) is 32.1 Å². The van der Waals surface area contributed by atoms with Gasteiger partial charge in [-0.15, -0.1) is 0 Å². The molecule has 0 aliphatic rings. The Hall–Kier alpha value is 5.55. The van der Waals surface area contributed by atoms with Crippen LogP contribution < -0.4 is 28.7 Å². The summed E-state index contributed by atoms with van der Waals surface area (Å²) in [6, 6.07) is 0. The van der Waals surface area contributed by atoms with Crippen molar-refractivity contribution in [3.63, 3.8) is 0 Å². The summed E-state index contributed by atoms with van der Waals surface area (Å²) in [6.45, 7) is 6.18. The van der Waals surface area contributed by atoms with E-state index in [1.54, 1.807) is 0 Å². The fourth-order valence-corrected chi connectivity index (χ4v) is 3.64. The molecule has 255 valence electrons. The third-order valence-corrected chi connectivity index (χ3v) is 7.14. The third-order valence-electron chi connectivity index (χ3n) is 2.94. The summed E-state index contributed by atoms with van der Waals surface area (Å²) in [6.07, 6.45) is 0.594. The summed E-state index contributed by atoms with van der Waals surface area (Å²) in [5.74, 6) is 0. The van der Waals surface area contributed by atoms with Crippen LogP contribution in [0.3, 0.4) is 0 Å². The van der Waals surface area contributed by atoms with E-state index in [0.717, 1.165) is 0 Å². The number of hydrogen-bond acceptors (Lipinski definition) is 10. The summed E-state index contributed by atoms with van der Waals surface area (Å²) in [5, 5.41) is 0. The van der Waals surface area contributed by atoms with Gasteiger partial charge in [-0.3, -0.25) is 22.8 Å². The Bertz CT molecular complexity index is 667. The van der Waals surface area contributed by atoms with E-state index in [4.69, 9.17) is 77.6 Å². The van der Waals surface area contributed by atoms with Crippen LogP contribution in [0, 0.1) is 32.7 Å². The predicted molar refractivity (Wildman–Crippen MR) is 186 cm³/mol. The van der Waals surface area contributed by atoms with Gasteiger partial charge in [-0.05, 0) is 32.1 Å². The van der Waals surface area contributed by atoms with Crippen molar-refractivity contribution in [3.8, 4) is 0 Å². The van der Waals surface area contributed by atoms with Crippen LogP contribution in [-0.2, 0) is 22.8 Å². The monoisotopic (exact) mass is 810 g/mol. The molecule has 0 saturated heterocycles. The van der Waals surface area contributed by atoms with Gasteiger partial charge < -0.3 is 77.6 Å². The summed E-state index contributed by atoms with van der Waals surface area (Å²) >= 11 is 0. The quantitative estimate of drug-likeness (QED) is 0.0544. The van der Waals surface area contributed by atoms with E-state index < -0.39 is 38.0 Å². The second kappa shape index (κ2) is 45.7. The topological polar surface area (TPSA) is 418 Å². The van der Waals surface area contributed by atoms with E-state index in [1.165, 1.54) is 32.7 Å². The molecule has 0 rings (SSSR count). The van der Waals surface area contributed by atoms with E-state index >= 15 is 0 Å². The molecular weight excluding hydrogens is 760 g/mol. The SMILES string of the molecule is N[CH]CCP(=O)(O)O.N[CH]CCP(=O)(O)O.N[CH]CCP(=O)(O)O.N[CH]CCP(=O)(O)O.N[CH]CCP(=O)(O)O.[NaH].[NaH].[NaH].[NaH].[NaH]. The molecule has 30 heteroatoms. The third kappa shape index (κ3) is 120. The van der Waals surface area contributed by atoms with Crippen molar-refractivity contribution in [2.75, 3.05) is 30.8 Å². The van der Waals surface area contributed by atoms with Crippen molar-refractivity contribution in [2.24, 2.45) is 28.7 Å². The molecule has 0 heterocycles. The van der Waals surface area contributed by atoms with Gasteiger partial charge in [-0.2, -0.15) is 0 Å². The molecule has 0 aromatic heterocycles. The van der Waals surface area contributed by atoms with Crippen LogP contribution in [-0.4, -0.2) is 228 Å². The average molecular weight is 810 g/mol. The summed E-state index contributed by atoms with van der Waals surface area (Å²) in [5.41, 5.74) is 24.3. The maximum absolute atomic E-state index is 10.0. The zero-order valence-electron chi connectivity index (χ0n) is 21.6. The number of nitrogens with two attached hydrogens (primary N) is 5. The molecule has 0 aliphatic heterocycles. The Balaban J connectivity index is -0.0000000414. The van der Waals surface area contributed by atoms with Crippen LogP contribution in [0.4, 0.5) is 0 Å². The summed E-state index contributed by atoms with van der Waals surface area (Å²) in [4.78, 5) is 81.8. The second-order valence-corrected chi connectivity index (χ2v) is 15.9. The van der Waals surface area contributed by atoms with Crippen LogP contribution in [0.2, 0.25) is 0 Å². The molecule has 0 unspecified atom stereocenters. The number of hydrogen-bond donors (Lipinski definition) is 15. The molecule has 0 saturated carbocycles. The minimum atomic E-state index is -3.79. The number of rotatable bonds is 15. The molecule has 5 radical (unpaired) electrons. The van der Waals surface area contributed by atoms with Gasteiger partial charge >= 0.3 is 186 Å². The standard InChI is InChI=1S/5C3H9NO3P.5Na.5H/c5*4-2-1-3-8(5,6)7;;;;;;;;;;/h5*2H,1,3-4H2,(H2,5,6,7);;;;;;;;;;. The average Bonchev–Trinajstić information content (AvgIpc) is 2.76. The van der Waals surface area contributed by atoms with Gasteiger partial charge in [-0.25, -0.2) is 0 Å². The molecule has 0 aromatic carbocycles. The first kappa shape index (κ1) is 75.5. The van der Waals surface area contributed by atoms with Crippen LogP contribution in [0.25, 0.3) is 0 Å². The second-order valence-electron chi connectivity index (χ2n) is 7.06. The van der Waals surface area contributed by atoms with E-state index in [0.29, 0.717) is 0 Å². The Morgan fingerprint density at radius 1 is 0.311 bits per heavy atom. The first-order chi connectivity index (χ1) is 17.8. The Morgan fingerprint density at radius 2 is 0.400 bits per heavy atom. The molecule has 0 atom stereocenters. The van der Waals surface area contributed by atoms with Gasteiger partial charge in [0, 0.05) is 32.7 Å². The van der Waals surface area contributed by atoms with Crippen molar-refractivity contribution < 1.29 is 71.8 Å².